The number of benzene rings is 1. The highest BCUT2D eigenvalue weighted by molar-refractivity contribution is 6.30. The van der Waals surface area contributed by atoms with Crippen molar-refractivity contribution in [2.24, 2.45) is 0 Å². The topological polar surface area (TPSA) is 25.2 Å². The lowest BCUT2D eigenvalue weighted by atomic mass is 10.0. The van der Waals surface area contributed by atoms with E-state index in [1.165, 1.54) is 0 Å². The highest BCUT2D eigenvalue weighted by Crippen LogP contribution is 2.26. The summed E-state index contributed by atoms with van der Waals surface area (Å²) in [5, 5.41) is 4.57. The van der Waals surface area contributed by atoms with E-state index in [0.29, 0.717) is 5.22 Å². The van der Waals surface area contributed by atoms with Gasteiger partial charge in [0.2, 0.25) is 0 Å². The van der Waals surface area contributed by atoms with Crippen LogP contribution in [0.1, 0.15) is 30.7 Å². The molecule has 1 heterocycles. The predicted molar refractivity (Wildman–Crippen MR) is 75.3 cm³/mol. The Morgan fingerprint density at radius 3 is 2.39 bits per heavy atom. The molecule has 0 aliphatic heterocycles. The van der Waals surface area contributed by atoms with E-state index < -0.39 is 0 Å². The van der Waals surface area contributed by atoms with Crippen LogP contribution in [0.3, 0.4) is 0 Å². The van der Waals surface area contributed by atoms with Crippen molar-refractivity contribution in [3.63, 3.8) is 0 Å². The Hall–Kier alpha value is -0.960. The minimum absolute atomic E-state index is 0.00900. The lowest BCUT2D eigenvalue weighted by Crippen LogP contribution is -2.22. The van der Waals surface area contributed by atoms with Gasteiger partial charge in [-0.3, -0.25) is 0 Å². The first kappa shape index (κ1) is 13.5. The molecule has 18 heavy (non-hydrogen) atoms. The maximum Gasteiger partial charge on any atom is 0.193 e. The maximum atomic E-state index is 5.91. The number of halogens is 2. The van der Waals surface area contributed by atoms with E-state index in [0.717, 1.165) is 29.3 Å². The molecule has 1 atom stereocenters. The van der Waals surface area contributed by atoms with Crippen molar-refractivity contribution in [1.82, 2.24) is 5.32 Å². The highest BCUT2D eigenvalue weighted by Gasteiger charge is 2.16. The molecule has 0 saturated carbocycles. The quantitative estimate of drug-likeness (QED) is 0.862. The van der Waals surface area contributed by atoms with E-state index in [-0.39, 0.29) is 6.04 Å². The summed E-state index contributed by atoms with van der Waals surface area (Å²) in [6, 6.07) is 11.4. The molecule has 1 aromatic heterocycles. The van der Waals surface area contributed by atoms with Crippen LogP contribution < -0.4 is 5.32 Å². The second-order valence-electron chi connectivity index (χ2n) is 4.08. The molecule has 1 unspecified atom stereocenters. The van der Waals surface area contributed by atoms with E-state index >= 15 is 0 Å². The van der Waals surface area contributed by atoms with Crippen molar-refractivity contribution < 1.29 is 4.42 Å². The zero-order valence-electron chi connectivity index (χ0n) is 10.1. The SMILES string of the molecule is CCCNC(c1ccc(Cl)cc1)c1ccc(Cl)o1. The van der Waals surface area contributed by atoms with Crippen LogP contribution in [0.15, 0.2) is 40.8 Å². The van der Waals surface area contributed by atoms with Gasteiger partial charge in [-0.1, -0.05) is 30.7 Å². The molecule has 0 aliphatic rings. The van der Waals surface area contributed by atoms with Gasteiger partial charge in [-0.2, -0.15) is 0 Å². The zero-order valence-corrected chi connectivity index (χ0v) is 11.6. The fraction of sp³-hybridized carbons (Fsp3) is 0.286. The van der Waals surface area contributed by atoms with E-state index in [1.54, 1.807) is 6.07 Å². The minimum atomic E-state index is 0.00900. The number of hydrogen-bond donors (Lipinski definition) is 1. The van der Waals surface area contributed by atoms with Crippen LogP contribution in [0.4, 0.5) is 0 Å². The molecule has 0 fully saturated rings. The monoisotopic (exact) mass is 283 g/mol. The molecule has 0 saturated heterocycles. The van der Waals surface area contributed by atoms with Crippen LogP contribution in [0.5, 0.6) is 0 Å². The fourth-order valence-electron chi connectivity index (χ4n) is 1.81. The summed E-state index contributed by atoms with van der Waals surface area (Å²) in [6.07, 6.45) is 1.05. The smallest absolute Gasteiger partial charge is 0.193 e. The third-order valence-electron chi connectivity index (χ3n) is 2.68. The molecule has 2 nitrogen and oxygen atoms in total. The molecule has 0 bridgehead atoms. The first-order valence-electron chi connectivity index (χ1n) is 5.94. The van der Waals surface area contributed by atoms with Crippen molar-refractivity contribution in [1.29, 1.82) is 0 Å². The fourth-order valence-corrected chi connectivity index (χ4v) is 2.09. The van der Waals surface area contributed by atoms with Gasteiger partial charge >= 0.3 is 0 Å². The second kappa shape index (κ2) is 6.28. The van der Waals surface area contributed by atoms with Crippen LogP contribution in [-0.4, -0.2) is 6.54 Å². The largest absolute Gasteiger partial charge is 0.448 e. The normalized spacial score (nSPS) is 12.6. The molecule has 1 N–H and O–H groups in total. The lowest BCUT2D eigenvalue weighted by Gasteiger charge is -2.16. The molecule has 4 heteroatoms. The predicted octanol–water partition coefficient (Wildman–Crippen LogP) is 4.68. The van der Waals surface area contributed by atoms with E-state index in [4.69, 9.17) is 27.6 Å². The standard InChI is InChI=1S/C14H15Cl2NO/c1-2-9-17-14(12-7-8-13(16)18-12)10-3-5-11(15)6-4-10/h3-8,14,17H,2,9H2,1H3. The van der Waals surface area contributed by atoms with Gasteiger partial charge in [-0.25, -0.2) is 0 Å². The zero-order chi connectivity index (χ0) is 13.0. The molecule has 1 aromatic carbocycles. The van der Waals surface area contributed by atoms with Crippen molar-refractivity contribution in [3.05, 3.63) is 58.0 Å². The molecule has 0 radical (unpaired) electrons. The molecule has 2 rings (SSSR count). The Bertz CT molecular complexity index is 493. The summed E-state index contributed by atoms with van der Waals surface area (Å²) < 4.78 is 5.50. The Balaban J connectivity index is 2.27. The van der Waals surface area contributed by atoms with Gasteiger partial charge in [0.25, 0.3) is 0 Å². The summed E-state index contributed by atoms with van der Waals surface area (Å²) >= 11 is 11.7. The van der Waals surface area contributed by atoms with Gasteiger partial charge in [0.05, 0.1) is 6.04 Å². The highest BCUT2D eigenvalue weighted by atomic mass is 35.5. The average molecular weight is 284 g/mol. The van der Waals surface area contributed by atoms with Gasteiger partial charge in [0.1, 0.15) is 5.76 Å². The van der Waals surface area contributed by atoms with E-state index in [9.17, 15) is 0 Å². The van der Waals surface area contributed by atoms with Gasteiger partial charge < -0.3 is 9.73 Å². The molecule has 0 aliphatic carbocycles. The Labute approximate surface area is 117 Å². The lowest BCUT2D eigenvalue weighted by molar-refractivity contribution is 0.448. The van der Waals surface area contributed by atoms with Crippen molar-refractivity contribution in [2.75, 3.05) is 6.54 Å². The van der Waals surface area contributed by atoms with Gasteiger partial charge in [-0.15, -0.1) is 0 Å². The number of furan rings is 1. The van der Waals surface area contributed by atoms with Crippen LogP contribution in [-0.2, 0) is 0 Å². The van der Waals surface area contributed by atoms with Gasteiger partial charge in [-0.05, 0) is 54.4 Å². The summed E-state index contributed by atoms with van der Waals surface area (Å²) in [6.45, 7) is 3.03. The average Bonchev–Trinajstić information content (AvgIpc) is 2.78. The van der Waals surface area contributed by atoms with Gasteiger partial charge in [0.15, 0.2) is 5.22 Å². The van der Waals surface area contributed by atoms with Crippen LogP contribution >= 0.6 is 23.2 Å². The molecule has 0 spiro atoms. The molecular formula is C14H15Cl2NO. The van der Waals surface area contributed by atoms with E-state index in [2.05, 4.69) is 12.2 Å². The summed E-state index contributed by atoms with van der Waals surface area (Å²) in [5.74, 6) is 0.816. The molecule has 96 valence electrons. The first-order chi connectivity index (χ1) is 8.70. The van der Waals surface area contributed by atoms with Crippen molar-refractivity contribution in [3.8, 4) is 0 Å². The number of rotatable bonds is 5. The molecule has 0 amide bonds. The number of hydrogen-bond acceptors (Lipinski definition) is 2. The maximum absolute atomic E-state index is 5.91. The van der Waals surface area contributed by atoms with Crippen molar-refractivity contribution >= 4 is 23.2 Å². The third-order valence-corrected chi connectivity index (χ3v) is 3.14. The molecular weight excluding hydrogens is 269 g/mol. The third kappa shape index (κ3) is 3.29. The van der Waals surface area contributed by atoms with E-state index in [1.807, 2.05) is 30.3 Å². The molecule has 2 aromatic rings. The Kier molecular flexibility index (Phi) is 4.70. The Morgan fingerprint density at radius 2 is 1.83 bits per heavy atom. The van der Waals surface area contributed by atoms with Crippen molar-refractivity contribution in [2.45, 2.75) is 19.4 Å². The van der Waals surface area contributed by atoms with Gasteiger partial charge in [0, 0.05) is 5.02 Å². The summed E-state index contributed by atoms with van der Waals surface area (Å²) in [7, 11) is 0. The van der Waals surface area contributed by atoms with Crippen LogP contribution in [0.2, 0.25) is 10.2 Å². The summed E-state index contributed by atoms with van der Waals surface area (Å²) in [5.41, 5.74) is 1.11. The summed E-state index contributed by atoms with van der Waals surface area (Å²) in [4.78, 5) is 0. The Morgan fingerprint density at radius 1 is 1.11 bits per heavy atom. The first-order valence-corrected chi connectivity index (χ1v) is 6.70. The second-order valence-corrected chi connectivity index (χ2v) is 4.89. The van der Waals surface area contributed by atoms with Crippen LogP contribution in [0.25, 0.3) is 0 Å². The number of nitrogens with one attached hydrogen (secondary N) is 1. The minimum Gasteiger partial charge on any atom is -0.448 e. The van der Waals surface area contributed by atoms with Crippen LogP contribution in [0, 0.1) is 0 Å².